The minimum absolute atomic E-state index is 0.589. The summed E-state index contributed by atoms with van der Waals surface area (Å²) in [5, 5.41) is 4.07. The van der Waals surface area contributed by atoms with Gasteiger partial charge in [-0.1, -0.05) is 48.5 Å². The van der Waals surface area contributed by atoms with Gasteiger partial charge in [-0.2, -0.15) is 0 Å². The third kappa shape index (κ3) is 9.30. The van der Waals surface area contributed by atoms with Crippen LogP contribution in [0.15, 0.2) is 53.7 Å². The first-order chi connectivity index (χ1) is 16.1. The van der Waals surface area contributed by atoms with Crippen molar-refractivity contribution in [3.05, 3.63) is 70.8 Å². The third-order valence-electron chi connectivity index (χ3n) is 5.29. The normalized spacial score (nSPS) is 11.7. The van der Waals surface area contributed by atoms with Crippen LogP contribution in [0.4, 0.5) is 0 Å². The van der Waals surface area contributed by atoms with Crippen molar-refractivity contribution >= 4 is 5.71 Å². The molecule has 2 aromatic rings. The number of nitrogens with zero attached hydrogens (tertiary/aromatic N) is 1. The molecule has 0 aliphatic heterocycles. The molecule has 0 unspecified atom stereocenters. The van der Waals surface area contributed by atoms with Crippen LogP contribution in [0, 0.1) is 13.8 Å². The molecular weight excluding hydrogens is 414 g/mol. The Morgan fingerprint density at radius 2 is 1.64 bits per heavy atom. The second-order valence-corrected chi connectivity index (χ2v) is 8.00. The maximum Gasteiger partial charge on any atom is 0.125 e. The van der Waals surface area contributed by atoms with Crippen molar-refractivity contribution in [3.8, 4) is 11.5 Å². The minimum atomic E-state index is 0.589. The average Bonchev–Trinajstić information content (AvgIpc) is 2.81. The molecule has 0 aliphatic rings. The Kier molecular flexibility index (Phi) is 12.1. The molecule has 0 atom stereocenters. The van der Waals surface area contributed by atoms with Gasteiger partial charge in [-0.3, -0.25) is 0 Å². The highest BCUT2D eigenvalue weighted by Gasteiger charge is 2.07. The number of rotatable bonds is 15. The molecule has 0 N–H and O–H groups in total. The lowest BCUT2D eigenvalue weighted by molar-refractivity contribution is 0.116. The van der Waals surface area contributed by atoms with E-state index in [0.717, 1.165) is 66.2 Å². The average molecular weight is 454 g/mol. The summed E-state index contributed by atoms with van der Waals surface area (Å²) in [6, 6.07) is 12.4. The number of benzene rings is 2. The summed E-state index contributed by atoms with van der Waals surface area (Å²) in [7, 11) is 1.58. The van der Waals surface area contributed by atoms with E-state index >= 15 is 0 Å². The molecule has 180 valence electrons. The predicted octanol–water partition coefficient (Wildman–Crippen LogP) is 6.78. The van der Waals surface area contributed by atoms with E-state index in [2.05, 4.69) is 50.2 Å². The van der Waals surface area contributed by atoms with Crippen LogP contribution in [0.3, 0.4) is 0 Å². The molecule has 0 amide bonds. The number of hydrogen-bond donors (Lipinski definition) is 0. The molecule has 0 heterocycles. The van der Waals surface area contributed by atoms with Crippen molar-refractivity contribution in [3.63, 3.8) is 0 Å². The summed E-state index contributed by atoms with van der Waals surface area (Å²) in [4.78, 5) is 4.90. The van der Waals surface area contributed by atoms with Gasteiger partial charge in [-0.05, 0) is 80.8 Å². The van der Waals surface area contributed by atoms with Crippen LogP contribution in [0.5, 0.6) is 11.5 Å². The van der Waals surface area contributed by atoms with Gasteiger partial charge in [-0.15, -0.1) is 0 Å². The van der Waals surface area contributed by atoms with E-state index in [1.54, 1.807) is 7.11 Å². The molecule has 0 aliphatic carbocycles. The molecule has 2 aromatic carbocycles. The standard InChI is InChI=1S/C28H39NO4/c1-6-8-17-32-26-19-22(3)28(23(4)20-26)33-18-11-9-10-16-31-21-24-12-14-25(15-13-24)27(7-2)29-30-5/h6,8,12-15,19-20H,7,9-11,16-18,21H2,1-5H3/b8-6+,29-27+. The largest absolute Gasteiger partial charge is 0.493 e. The number of hydrogen-bond acceptors (Lipinski definition) is 5. The van der Waals surface area contributed by atoms with Gasteiger partial charge in [0.05, 0.1) is 18.9 Å². The van der Waals surface area contributed by atoms with Gasteiger partial charge in [0.15, 0.2) is 0 Å². The Bertz CT molecular complexity index is 864. The molecule has 0 saturated heterocycles. The molecule has 0 saturated carbocycles. The van der Waals surface area contributed by atoms with Crippen LogP contribution >= 0.6 is 0 Å². The molecule has 2 rings (SSSR count). The first-order valence-corrected chi connectivity index (χ1v) is 11.8. The molecule has 0 spiro atoms. The lowest BCUT2D eigenvalue weighted by atomic mass is 10.1. The summed E-state index contributed by atoms with van der Waals surface area (Å²) in [6.45, 7) is 10.9. The summed E-state index contributed by atoms with van der Waals surface area (Å²) in [5.41, 5.74) is 5.42. The van der Waals surface area contributed by atoms with Crippen molar-refractivity contribution in [1.82, 2.24) is 0 Å². The van der Waals surface area contributed by atoms with Gasteiger partial charge in [0, 0.05) is 6.61 Å². The van der Waals surface area contributed by atoms with Crippen molar-refractivity contribution in [2.24, 2.45) is 5.16 Å². The van der Waals surface area contributed by atoms with E-state index in [-0.39, 0.29) is 0 Å². The van der Waals surface area contributed by atoms with Gasteiger partial charge >= 0.3 is 0 Å². The van der Waals surface area contributed by atoms with E-state index in [9.17, 15) is 0 Å². The lowest BCUT2D eigenvalue weighted by Crippen LogP contribution is -2.03. The van der Waals surface area contributed by atoms with Crippen LogP contribution < -0.4 is 9.47 Å². The van der Waals surface area contributed by atoms with Crippen molar-refractivity contribution in [1.29, 1.82) is 0 Å². The lowest BCUT2D eigenvalue weighted by Gasteiger charge is -2.14. The van der Waals surface area contributed by atoms with Crippen LogP contribution in [0.2, 0.25) is 0 Å². The van der Waals surface area contributed by atoms with Gasteiger partial charge in [0.1, 0.15) is 25.2 Å². The molecule has 0 fully saturated rings. The topological polar surface area (TPSA) is 49.3 Å². The first kappa shape index (κ1) is 26.5. The fraction of sp³-hybridized carbons (Fsp3) is 0.464. The van der Waals surface area contributed by atoms with Crippen LogP contribution in [0.1, 0.15) is 61.8 Å². The van der Waals surface area contributed by atoms with Gasteiger partial charge in [0.2, 0.25) is 0 Å². The number of allylic oxidation sites excluding steroid dienone is 1. The highest BCUT2D eigenvalue weighted by Crippen LogP contribution is 2.28. The smallest absolute Gasteiger partial charge is 0.125 e. The number of ether oxygens (including phenoxy) is 3. The first-order valence-electron chi connectivity index (χ1n) is 11.8. The molecule has 0 aromatic heterocycles. The molecule has 33 heavy (non-hydrogen) atoms. The number of aryl methyl sites for hydroxylation is 2. The van der Waals surface area contributed by atoms with Crippen molar-refractivity contribution in [2.75, 3.05) is 26.9 Å². The number of oxime groups is 1. The maximum atomic E-state index is 6.05. The Balaban J connectivity index is 1.63. The molecule has 5 nitrogen and oxygen atoms in total. The van der Waals surface area contributed by atoms with Gasteiger partial charge in [0.25, 0.3) is 0 Å². The Morgan fingerprint density at radius 3 is 2.27 bits per heavy atom. The summed E-state index contributed by atoms with van der Waals surface area (Å²) >= 11 is 0. The van der Waals surface area contributed by atoms with Crippen molar-refractivity contribution in [2.45, 2.75) is 60.0 Å². The van der Waals surface area contributed by atoms with Crippen LogP contribution in [0.25, 0.3) is 0 Å². The second-order valence-electron chi connectivity index (χ2n) is 8.00. The summed E-state index contributed by atoms with van der Waals surface area (Å²) < 4.78 is 17.6. The predicted molar refractivity (Wildman–Crippen MR) is 136 cm³/mol. The van der Waals surface area contributed by atoms with Crippen molar-refractivity contribution < 1.29 is 19.0 Å². The fourth-order valence-electron chi connectivity index (χ4n) is 3.53. The van der Waals surface area contributed by atoms with E-state index in [0.29, 0.717) is 19.8 Å². The van der Waals surface area contributed by atoms with E-state index in [4.69, 9.17) is 19.0 Å². The minimum Gasteiger partial charge on any atom is -0.493 e. The Morgan fingerprint density at radius 1 is 0.939 bits per heavy atom. The Hall–Kier alpha value is -2.79. The van der Waals surface area contributed by atoms with E-state index in [1.807, 2.05) is 31.2 Å². The quantitative estimate of drug-likeness (QED) is 0.129. The highest BCUT2D eigenvalue weighted by atomic mass is 16.6. The molecule has 0 bridgehead atoms. The van der Waals surface area contributed by atoms with Crippen LogP contribution in [-0.2, 0) is 16.2 Å². The third-order valence-corrected chi connectivity index (χ3v) is 5.29. The van der Waals surface area contributed by atoms with E-state index in [1.165, 1.54) is 5.56 Å². The molecule has 0 radical (unpaired) electrons. The summed E-state index contributed by atoms with van der Waals surface area (Å²) in [5.74, 6) is 1.85. The fourth-order valence-corrected chi connectivity index (χ4v) is 3.53. The summed E-state index contributed by atoms with van der Waals surface area (Å²) in [6.07, 6.45) is 7.93. The van der Waals surface area contributed by atoms with Gasteiger partial charge in [-0.25, -0.2) is 0 Å². The molecular formula is C28H39NO4. The maximum absolute atomic E-state index is 6.05. The van der Waals surface area contributed by atoms with Gasteiger partial charge < -0.3 is 19.0 Å². The number of unbranched alkanes of at least 4 members (excludes halogenated alkanes) is 2. The van der Waals surface area contributed by atoms with E-state index < -0.39 is 0 Å². The monoisotopic (exact) mass is 453 g/mol. The zero-order chi connectivity index (χ0) is 23.9. The second kappa shape index (κ2) is 15.1. The zero-order valence-electron chi connectivity index (χ0n) is 20.9. The zero-order valence-corrected chi connectivity index (χ0v) is 20.9. The highest BCUT2D eigenvalue weighted by molar-refractivity contribution is 6.00. The van der Waals surface area contributed by atoms with Crippen LogP contribution in [-0.4, -0.2) is 32.6 Å². The Labute approximate surface area is 199 Å². The SMILES string of the molecule is C/C=C/COc1cc(C)c(OCCCCCOCc2ccc(/C(CC)=N/OC)cc2)c(C)c1. The molecule has 5 heteroatoms.